The predicted octanol–water partition coefficient (Wildman–Crippen LogP) is 3.04. The third kappa shape index (κ3) is 4.25. The zero-order valence-electron chi connectivity index (χ0n) is 19.8. The van der Waals surface area contributed by atoms with Crippen molar-refractivity contribution in [2.24, 2.45) is 0 Å². The first-order valence-electron chi connectivity index (χ1n) is 11.7. The lowest BCUT2D eigenvalue weighted by Gasteiger charge is -2.43. The van der Waals surface area contributed by atoms with Crippen molar-refractivity contribution in [3.8, 4) is 0 Å². The van der Waals surface area contributed by atoms with E-state index >= 15 is 0 Å². The van der Waals surface area contributed by atoms with Gasteiger partial charge >= 0.3 is 5.97 Å². The molecule has 0 bridgehead atoms. The van der Waals surface area contributed by atoms with Crippen molar-refractivity contribution in [3.05, 3.63) is 99.2 Å². The molecule has 0 radical (unpaired) electrons. The highest BCUT2D eigenvalue weighted by atomic mass is 16.4. The minimum atomic E-state index is -1.08. The molecule has 3 atom stereocenters. The number of aliphatic carboxylic acids is 1. The maximum absolute atomic E-state index is 12.4. The fraction of sp³-hybridized carbons (Fsp3) is 0.222. The summed E-state index contributed by atoms with van der Waals surface area (Å²) in [5, 5.41) is 18.7. The number of carbonyl (C=O) groups is 1. The van der Waals surface area contributed by atoms with E-state index < -0.39 is 22.9 Å². The first-order valence-corrected chi connectivity index (χ1v) is 11.7. The number of carboxylic acids is 1. The van der Waals surface area contributed by atoms with Gasteiger partial charge < -0.3 is 10.4 Å². The first-order chi connectivity index (χ1) is 17.3. The fourth-order valence-electron chi connectivity index (χ4n) is 4.67. The fourth-order valence-corrected chi connectivity index (χ4v) is 4.67. The summed E-state index contributed by atoms with van der Waals surface area (Å²) in [7, 11) is 0. The van der Waals surface area contributed by atoms with E-state index in [0.717, 1.165) is 22.0 Å². The van der Waals surface area contributed by atoms with Crippen LogP contribution < -0.4 is 21.2 Å². The lowest BCUT2D eigenvalue weighted by molar-refractivity contribution is -0.139. The number of hydrogen-bond donors (Lipinski definition) is 2. The molecule has 0 aliphatic carbocycles. The number of hydrogen-bond acceptors (Lipinski definition) is 8. The van der Waals surface area contributed by atoms with E-state index in [2.05, 4.69) is 15.3 Å². The molecule has 5 rings (SSSR count). The van der Waals surface area contributed by atoms with Crippen LogP contribution in [0.2, 0.25) is 0 Å². The van der Waals surface area contributed by atoms with Crippen LogP contribution in [-0.4, -0.2) is 44.2 Å². The molecule has 0 spiro atoms. The molecular formula is C27H25N5O4. The first kappa shape index (κ1) is 23.4. The van der Waals surface area contributed by atoms with Gasteiger partial charge in [0.15, 0.2) is 0 Å². The number of benzene rings is 1. The molecule has 0 amide bonds. The Labute approximate surface area is 207 Å². The summed E-state index contributed by atoms with van der Waals surface area (Å²) < 4.78 is 0. The van der Waals surface area contributed by atoms with Crippen LogP contribution in [0.4, 0.5) is 17.2 Å². The Morgan fingerprint density at radius 3 is 2.44 bits per heavy atom. The third-order valence-corrected chi connectivity index (χ3v) is 6.51. The molecule has 2 aromatic carbocycles. The number of nitrogens with zero attached hydrogens (tertiary/aromatic N) is 4. The molecule has 3 unspecified atom stereocenters. The molecule has 9 nitrogen and oxygen atoms in total. The quantitative estimate of drug-likeness (QED) is 0.288. The molecule has 0 saturated carbocycles. The van der Waals surface area contributed by atoms with E-state index in [1.807, 2.05) is 67.4 Å². The maximum atomic E-state index is 12.4. The molecule has 1 aliphatic heterocycles. The van der Waals surface area contributed by atoms with Crippen molar-refractivity contribution in [2.45, 2.75) is 38.4 Å². The molecule has 2 N–H and O–H groups in total. The normalized spacial score (nSPS) is 18.5. The second-order valence-corrected chi connectivity index (χ2v) is 8.95. The summed E-state index contributed by atoms with van der Waals surface area (Å²) >= 11 is 0. The highest BCUT2D eigenvalue weighted by Crippen LogP contribution is 2.28. The molecule has 0 fully saturated rings. The zero-order chi connectivity index (χ0) is 25.4. The van der Waals surface area contributed by atoms with Gasteiger partial charge in [0, 0.05) is 59.6 Å². The zero-order valence-corrected chi connectivity index (χ0v) is 19.8. The van der Waals surface area contributed by atoms with Gasteiger partial charge in [-0.25, -0.2) is 14.8 Å². The van der Waals surface area contributed by atoms with Crippen LogP contribution in [-0.2, 0) is 11.2 Å². The van der Waals surface area contributed by atoms with E-state index in [0.29, 0.717) is 5.82 Å². The predicted molar refractivity (Wildman–Crippen MR) is 138 cm³/mol. The minimum Gasteiger partial charge on any atom is -0.480 e. The van der Waals surface area contributed by atoms with Gasteiger partial charge in [0.1, 0.15) is 17.5 Å². The van der Waals surface area contributed by atoms with Crippen molar-refractivity contribution in [2.75, 3.05) is 10.3 Å². The van der Waals surface area contributed by atoms with Gasteiger partial charge in [-0.2, -0.15) is 0 Å². The van der Waals surface area contributed by atoms with Crippen molar-refractivity contribution in [3.63, 3.8) is 0 Å². The topological polar surface area (TPSA) is 116 Å². The van der Waals surface area contributed by atoms with Gasteiger partial charge in [-0.05, 0) is 43.7 Å². The Kier molecular flexibility index (Phi) is 6.07. The van der Waals surface area contributed by atoms with Crippen LogP contribution in [0.3, 0.4) is 0 Å². The Hall–Kier alpha value is -4.37. The number of carboxylic acid groups (broad SMARTS) is 1. The molecule has 4 aromatic rings. The lowest BCUT2D eigenvalue weighted by Crippen LogP contribution is -2.60. The third-order valence-electron chi connectivity index (χ3n) is 6.51. The second-order valence-electron chi connectivity index (χ2n) is 8.95. The summed E-state index contributed by atoms with van der Waals surface area (Å²) in [6.07, 6.45) is 9.26. The summed E-state index contributed by atoms with van der Waals surface area (Å²) in [4.78, 5) is 45.0. The average molecular weight is 484 g/mol. The van der Waals surface area contributed by atoms with Crippen LogP contribution >= 0.6 is 0 Å². The SMILES string of the molecule is CC1C=CC(C)N1N(c1cc(=O)c1=O)C(Cc1ccc(Nc2nccc3cnccc23)cc1)C(=O)O. The minimum absolute atomic E-state index is 0.115. The van der Waals surface area contributed by atoms with E-state index in [4.69, 9.17) is 0 Å². The summed E-state index contributed by atoms with van der Waals surface area (Å²) in [5.74, 6) is -0.382. The second kappa shape index (κ2) is 9.35. The van der Waals surface area contributed by atoms with Gasteiger partial charge in [0.2, 0.25) is 10.9 Å². The van der Waals surface area contributed by atoms with Gasteiger partial charge in [0.25, 0.3) is 0 Å². The van der Waals surface area contributed by atoms with Crippen LogP contribution in [0.15, 0.2) is 82.8 Å². The largest absolute Gasteiger partial charge is 0.480 e. The number of rotatable bonds is 8. The van der Waals surface area contributed by atoms with Gasteiger partial charge in [0.05, 0.1) is 0 Å². The summed E-state index contributed by atoms with van der Waals surface area (Å²) in [6.45, 7) is 3.85. The summed E-state index contributed by atoms with van der Waals surface area (Å²) in [5.41, 5.74) is 0.418. The molecule has 0 saturated heterocycles. The van der Waals surface area contributed by atoms with E-state index in [1.165, 1.54) is 11.1 Å². The van der Waals surface area contributed by atoms with Crippen molar-refractivity contribution in [1.29, 1.82) is 0 Å². The molecule has 2 aromatic heterocycles. The maximum Gasteiger partial charge on any atom is 0.328 e. The highest BCUT2D eigenvalue weighted by Gasteiger charge is 2.39. The number of nitrogens with one attached hydrogen (secondary N) is 1. The molecule has 1 aliphatic rings. The highest BCUT2D eigenvalue weighted by molar-refractivity contribution is 5.92. The molecular weight excluding hydrogens is 458 g/mol. The Bertz CT molecular complexity index is 1510. The Morgan fingerprint density at radius 2 is 1.81 bits per heavy atom. The molecule has 3 heterocycles. The van der Waals surface area contributed by atoms with Gasteiger partial charge in [-0.1, -0.05) is 24.3 Å². The van der Waals surface area contributed by atoms with E-state index in [-0.39, 0.29) is 24.2 Å². The number of hydrazine groups is 1. The van der Waals surface area contributed by atoms with E-state index in [9.17, 15) is 19.5 Å². The lowest BCUT2D eigenvalue weighted by atomic mass is 10.0. The van der Waals surface area contributed by atoms with Crippen LogP contribution in [0, 0.1) is 0 Å². The number of aromatic nitrogens is 2. The Morgan fingerprint density at radius 1 is 1.08 bits per heavy atom. The monoisotopic (exact) mass is 483 g/mol. The van der Waals surface area contributed by atoms with Crippen LogP contribution in [0.5, 0.6) is 0 Å². The number of fused-ring (bicyclic) bond motifs is 1. The number of pyridine rings is 2. The van der Waals surface area contributed by atoms with Crippen molar-refractivity contribution >= 4 is 33.9 Å². The van der Waals surface area contributed by atoms with Gasteiger partial charge in [-0.3, -0.25) is 19.6 Å². The van der Waals surface area contributed by atoms with Crippen molar-refractivity contribution < 1.29 is 9.90 Å². The average Bonchev–Trinajstić information content (AvgIpc) is 3.21. The van der Waals surface area contributed by atoms with Gasteiger partial charge in [-0.15, -0.1) is 0 Å². The van der Waals surface area contributed by atoms with Crippen LogP contribution in [0.25, 0.3) is 10.8 Å². The Balaban J connectivity index is 1.41. The standard InChI is InChI=1S/C27H25N5O4/c1-16-3-4-17(2)31(16)32(22-14-24(33)25(22)34)23(27(35)36)13-18-5-7-20(8-6-18)30-26-21-10-11-28-15-19(21)9-12-29-26/h3-12,14-17,23H,13H2,1-2H3,(H,29,30)(H,35,36). The molecule has 9 heteroatoms. The van der Waals surface area contributed by atoms with E-state index in [1.54, 1.807) is 18.6 Å². The van der Waals surface area contributed by atoms with Crippen LogP contribution in [0.1, 0.15) is 19.4 Å². The smallest absolute Gasteiger partial charge is 0.328 e. The molecule has 36 heavy (non-hydrogen) atoms. The van der Waals surface area contributed by atoms with Crippen molar-refractivity contribution in [1.82, 2.24) is 15.0 Å². The molecule has 182 valence electrons. The number of anilines is 3. The summed E-state index contributed by atoms with van der Waals surface area (Å²) in [6, 6.07) is 11.1.